The van der Waals surface area contributed by atoms with Crippen LogP contribution in [-0.2, 0) is 6.54 Å². The third-order valence-electron chi connectivity index (χ3n) is 5.35. The third-order valence-corrected chi connectivity index (χ3v) is 5.35. The first-order chi connectivity index (χ1) is 12.5. The molecule has 0 saturated carbocycles. The van der Waals surface area contributed by atoms with Crippen LogP contribution in [0.3, 0.4) is 0 Å². The van der Waals surface area contributed by atoms with E-state index in [9.17, 15) is 0 Å². The standard InChI is InChI=1S/C23H33N3/c1-6-7-8-9-10-15-26-22-13-11-18(24(2)3)16-20(22)21-17-19(25(4)5)12-14-23(21)26/h11-14,16-17H,6-10,15H2,1-5H3. The molecule has 0 spiro atoms. The van der Waals surface area contributed by atoms with Gasteiger partial charge in [0.1, 0.15) is 0 Å². The van der Waals surface area contributed by atoms with E-state index < -0.39 is 0 Å². The van der Waals surface area contributed by atoms with E-state index in [1.807, 2.05) is 0 Å². The number of aromatic nitrogens is 1. The van der Waals surface area contributed by atoms with Gasteiger partial charge in [0.05, 0.1) is 0 Å². The van der Waals surface area contributed by atoms with E-state index >= 15 is 0 Å². The number of hydrogen-bond donors (Lipinski definition) is 0. The predicted molar refractivity (Wildman–Crippen MR) is 117 cm³/mol. The van der Waals surface area contributed by atoms with Gasteiger partial charge in [-0.1, -0.05) is 32.6 Å². The van der Waals surface area contributed by atoms with Gasteiger partial charge in [0.25, 0.3) is 0 Å². The number of unbranched alkanes of at least 4 members (excludes halogenated alkanes) is 4. The smallest absolute Gasteiger partial charge is 0.0492 e. The second-order valence-electron chi connectivity index (χ2n) is 7.76. The lowest BCUT2D eigenvalue weighted by Crippen LogP contribution is -2.08. The van der Waals surface area contributed by atoms with Crippen molar-refractivity contribution in [2.24, 2.45) is 0 Å². The monoisotopic (exact) mass is 351 g/mol. The topological polar surface area (TPSA) is 11.4 Å². The minimum absolute atomic E-state index is 1.10. The molecule has 0 aliphatic carbocycles. The van der Waals surface area contributed by atoms with Crippen molar-refractivity contribution in [3.8, 4) is 0 Å². The van der Waals surface area contributed by atoms with Gasteiger partial charge in [-0.2, -0.15) is 0 Å². The van der Waals surface area contributed by atoms with E-state index in [0.717, 1.165) is 6.54 Å². The highest BCUT2D eigenvalue weighted by Crippen LogP contribution is 2.34. The van der Waals surface area contributed by atoms with E-state index in [4.69, 9.17) is 0 Å². The summed E-state index contributed by atoms with van der Waals surface area (Å²) < 4.78 is 2.52. The minimum Gasteiger partial charge on any atom is -0.378 e. The van der Waals surface area contributed by atoms with E-state index in [1.54, 1.807) is 0 Å². The molecule has 0 aliphatic rings. The molecule has 0 saturated heterocycles. The van der Waals surface area contributed by atoms with Gasteiger partial charge >= 0.3 is 0 Å². The lowest BCUT2D eigenvalue weighted by molar-refractivity contribution is 0.584. The summed E-state index contributed by atoms with van der Waals surface area (Å²) in [5.74, 6) is 0. The molecule has 0 radical (unpaired) electrons. The van der Waals surface area contributed by atoms with Crippen LogP contribution in [0.4, 0.5) is 11.4 Å². The van der Waals surface area contributed by atoms with Crippen LogP contribution < -0.4 is 9.80 Å². The summed E-state index contributed by atoms with van der Waals surface area (Å²) >= 11 is 0. The summed E-state index contributed by atoms with van der Waals surface area (Å²) in [5.41, 5.74) is 5.23. The quantitative estimate of drug-likeness (QED) is 0.468. The van der Waals surface area contributed by atoms with Crippen molar-refractivity contribution in [1.29, 1.82) is 0 Å². The van der Waals surface area contributed by atoms with Gasteiger partial charge in [0.15, 0.2) is 0 Å². The number of hydrogen-bond acceptors (Lipinski definition) is 2. The molecule has 3 rings (SSSR count). The molecule has 26 heavy (non-hydrogen) atoms. The van der Waals surface area contributed by atoms with Gasteiger partial charge in [-0.05, 0) is 42.8 Å². The summed E-state index contributed by atoms with van der Waals surface area (Å²) in [7, 11) is 8.44. The van der Waals surface area contributed by atoms with Crippen LogP contribution in [0.2, 0.25) is 0 Å². The maximum Gasteiger partial charge on any atom is 0.0492 e. The van der Waals surface area contributed by atoms with Crippen LogP contribution in [0.5, 0.6) is 0 Å². The fourth-order valence-corrected chi connectivity index (χ4v) is 3.75. The Morgan fingerprint density at radius 2 is 1.19 bits per heavy atom. The van der Waals surface area contributed by atoms with Crippen molar-refractivity contribution < 1.29 is 0 Å². The fourth-order valence-electron chi connectivity index (χ4n) is 3.75. The average Bonchev–Trinajstić information content (AvgIpc) is 2.94. The average molecular weight is 352 g/mol. The SMILES string of the molecule is CCCCCCCn1c2ccc(N(C)C)cc2c2cc(N(C)C)ccc21. The summed E-state index contributed by atoms with van der Waals surface area (Å²) in [4.78, 5) is 4.37. The molecule has 0 fully saturated rings. The van der Waals surface area contributed by atoms with Crippen LogP contribution in [-0.4, -0.2) is 32.8 Å². The molecular formula is C23H33N3. The van der Waals surface area contributed by atoms with Crippen LogP contribution in [0.15, 0.2) is 36.4 Å². The molecule has 140 valence electrons. The lowest BCUT2D eigenvalue weighted by Gasteiger charge is -2.13. The molecule has 1 heterocycles. The number of rotatable bonds is 8. The first kappa shape index (κ1) is 18.6. The molecule has 0 N–H and O–H groups in total. The van der Waals surface area contributed by atoms with Crippen LogP contribution in [0.25, 0.3) is 21.8 Å². The Hall–Kier alpha value is -2.16. The van der Waals surface area contributed by atoms with Gasteiger partial charge < -0.3 is 14.4 Å². The molecule has 0 unspecified atom stereocenters. The highest BCUT2D eigenvalue weighted by Gasteiger charge is 2.13. The van der Waals surface area contributed by atoms with Gasteiger partial charge in [-0.25, -0.2) is 0 Å². The maximum atomic E-state index is 2.52. The first-order valence-electron chi connectivity index (χ1n) is 9.93. The Bertz CT molecular complexity index is 809. The molecule has 2 aromatic carbocycles. The van der Waals surface area contributed by atoms with E-state index in [-0.39, 0.29) is 0 Å². The molecular weight excluding hydrogens is 318 g/mol. The summed E-state index contributed by atoms with van der Waals surface area (Å²) in [6, 6.07) is 13.7. The Morgan fingerprint density at radius 3 is 1.65 bits per heavy atom. The van der Waals surface area contributed by atoms with Crippen molar-refractivity contribution in [3.05, 3.63) is 36.4 Å². The number of fused-ring (bicyclic) bond motifs is 3. The fraction of sp³-hybridized carbons (Fsp3) is 0.478. The van der Waals surface area contributed by atoms with Crippen molar-refractivity contribution in [1.82, 2.24) is 4.57 Å². The van der Waals surface area contributed by atoms with Crippen LogP contribution in [0.1, 0.15) is 39.0 Å². The highest BCUT2D eigenvalue weighted by molar-refractivity contribution is 6.10. The summed E-state index contributed by atoms with van der Waals surface area (Å²) in [6.07, 6.45) is 6.58. The van der Waals surface area contributed by atoms with Crippen LogP contribution in [0, 0.1) is 0 Å². The van der Waals surface area contributed by atoms with E-state index in [0.29, 0.717) is 0 Å². The Labute approximate surface area is 158 Å². The Kier molecular flexibility index (Phi) is 5.75. The highest BCUT2D eigenvalue weighted by atomic mass is 15.1. The maximum absolute atomic E-state index is 2.52. The normalized spacial score (nSPS) is 11.4. The van der Waals surface area contributed by atoms with Gasteiger partial charge in [0.2, 0.25) is 0 Å². The van der Waals surface area contributed by atoms with E-state index in [2.05, 4.69) is 85.9 Å². The Balaban J connectivity index is 2.06. The molecule has 3 aromatic rings. The molecule has 0 amide bonds. The Morgan fingerprint density at radius 1 is 0.692 bits per heavy atom. The molecule has 0 bridgehead atoms. The zero-order valence-corrected chi connectivity index (χ0v) is 17.0. The van der Waals surface area contributed by atoms with Crippen molar-refractivity contribution >= 4 is 33.2 Å². The largest absolute Gasteiger partial charge is 0.378 e. The zero-order valence-electron chi connectivity index (χ0n) is 17.0. The molecule has 3 heteroatoms. The number of anilines is 2. The van der Waals surface area contributed by atoms with Gasteiger partial charge in [-0.3, -0.25) is 0 Å². The molecule has 0 atom stereocenters. The van der Waals surface area contributed by atoms with Gasteiger partial charge in [0, 0.05) is 67.9 Å². The van der Waals surface area contributed by atoms with Crippen LogP contribution >= 0.6 is 0 Å². The molecule has 3 nitrogen and oxygen atoms in total. The number of nitrogens with zero attached hydrogens (tertiary/aromatic N) is 3. The lowest BCUT2D eigenvalue weighted by atomic mass is 10.1. The minimum atomic E-state index is 1.10. The zero-order chi connectivity index (χ0) is 18.7. The predicted octanol–water partition coefficient (Wildman–Crippen LogP) is 5.90. The summed E-state index contributed by atoms with van der Waals surface area (Å²) in [6.45, 7) is 3.38. The van der Waals surface area contributed by atoms with Gasteiger partial charge in [-0.15, -0.1) is 0 Å². The number of aryl methyl sites for hydroxylation is 1. The first-order valence-corrected chi connectivity index (χ1v) is 9.93. The second kappa shape index (κ2) is 8.03. The second-order valence-corrected chi connectivity index (χ2v) is 7.76. The molecule has 0 aliphatic heterocycles. The van der Waals surface area contributed by atoms with Crippen molar-refractivity contribution in [3.63, 3.8) is 0 Å². The third kappa shape index (κ3) is 3.67. The van der Waals surface area contributed by atoms with Crippen molar-refractivity contribution in [2.45, 2.75) is 45.6 Å². The van der Waals surface area contributed by atoms with Crippen molar-refractivity contribution in [2.75, 3.05) is 38.0 Å². The number of benzene rings is 2. The summed E-state index contributed by atoms with van der Waals surface area (Å²) in [5, 5.41) is 2.73. The molecule has 1 aromatic heterocycles. The van der Waals surface area contributed by atoms with E-state index in [1.165, 1.54) is 65.3 Å².